The Morgan fingerprint density at radius 2 is 2.12 bits per heavy atom. The van der Waals surface area contributed by atoms with Crippen molar-refractivity contribution in [3.63, 3.8) is 0 Å². The second-order valence-electron chi connectivity index (χ2n) is 5.30. The van der Waals surface area contributed by atoms with Crippen molar-refractivity contribution >= 4 is 47.4 Å². The van der Waals surface area contributed by atoms with E-state index in [1.807, 2.05) is 0 Å². The van der Waals surface area contributed by atoms with Gasteiger partial charge in [-0.2, -0.15) is 0 Å². The van der Waals surface area contributed by atoms with Gasteiger partial charge in [-0.3, -0.25) is 14.9 Å². The fraction of sp³-hybridized carbons (Fsp3) is 0.250. The van der Waals surface area contributed by atoms with E-state index in [-0.39, 0.29) is 30.0 Å². The first kappa shape index (κ1) is 19.3. The summed E-state index contributed by atoms with van der Waals surface area (Å²) in [6.07, 6.45) is 1.39. The van der Waals surface area contributed by atoms with E-state index in [1.165, 1.54) is 30.5 Å². The van der Waals surface area contributed by atoms with Crippen molar-refractivity contribution < 1.29 is 18.4 Å². The molecule has 2 amide bonds. The highest BCUT2D eigenvalue weighted by atomic mass is 35.5. The third-order valence-electron chi connectivity index (χ3n) is 3.62. The molecule has 0 aliphatic carbocycles. The fourth-order valence-corrected chi connectivity index (χ4v) is 3.24. The molecule has 1 aromatic carbocycles. The number of furan rings is 1. The summed E-state index contributed by atoms with van der Waals surface area (Å²) >= 11 is 1.64. The topological polar surface area (TPSA) is 83.4 Å². The van der Waals surface area contributed by atoms with E-state index < -0.39 is 11.7 Å². The molecule has 3 rings (SSSR count). The number of hydrogen-bond acceptors (Lipinski definition) is 5. The molecule has 2 heterocycles. The summed E-state index contributed by atoms with van der Waals surface area (Å²) < 4.78 is 19.0. The van der Waals surface area contributed by atoms with Crippen LogP contribution >= 0.6 is 24.2 Å². The van der Waals surface area contributed by atoms with Gasteiger partial charge in [0.25, 0.3) is 5.91 Å². The van der Waals surface area contributed by atoms with Gasteiger partial charge >= 0.3 is 0 Å². The summed E-state index contributed by atoms with van der Waals surface area (Å²) in [5.41, 5.74) is 0.738. The number of aryl methyl sites for hydroxylation is 1. The fourth-order valence-electron chi connectivity index (χ4n) is 2.30. The highest BCUT2D eigenvalue weighted by Crippen LogP contribution is 2.22. The molecule has 0 bridgehead atoms. The number of carbonyl (C=O) groups excluding carboxylic acids is 2. The summed E-state index contributed by atoms with van der Waals surface area (Å²) in [7, 11) is 0. The number of benzene rings is 1. The molecule has 134 valence electrons. The Hall–Kier alpha value is -2.03. The molecular formula is C16H17ClFN3O3S. The average molecular weight is 386 g/mol. The quantitative estimate of drug-likeness (QED) is 0.753. The molecule has 1 atom stereocenters. The standard InChI is InChI=1S/C16H16FN3O3S.ClH/c1-9-11(4-5-23-9)15(21)20-13-6-10(2-3-12(13)17)19-16(22)14-7-24-8-18-14;/h2-6,14,18H,7-8H2,1H3,(H,19,22)(H,20,21);1H. The number of hydrogen-bond donors (Lipinski definition) is 3. The van der Waals surface area contributed by atoms with Crippen LogP contribution in [0.25, 0.3) is 0 Å². The van der Waals surface area contributed by atoms with Gasteiger partial charge in [-0.05, 0) is 31.2 Å². The molecule has 3 N–H and O–H groups in total. The van der Waals surface area contributed by atoms with Gasteiger partial charge in [0.05, 0.1) is 23.6 Å². The molecule has 0 spiro atoms. The number of amides is 2. The van der Waals surface area contributed by atoms with E-state index in [4.69, 9.17) is 4.42 Å². The van der Waals surface area contributed by atoms with Crippen molar-refractivity contribution in [1.29, 1.82) is 0 Å². The molecule has 1 aliphatic rings. The zero-order valence-corrected chi connectivity index (χ0v) is 14.9. The number of rotatable bonds is 4. The largest absolute Gasteiger partial charge is 0.469 e. The van der Waals surface area contributed by atoms with E-state index in [9.17, 15) is 14.0 Å². The highest BCUT2D eigenvalue weighted by Gasteiger charge is 2.22. The van der Waals surface area contributed by atoms with Gasteiger partial charge in [-0.25, -0.2) is 4.39 Å². The number of carbonyl (C=O) groups is 2. The first-order valence-electron chi connectivity index (χ1n) is 7.31. The van der Waals surface area contributed by atoms with Crippen molar-refractivity contribution in [3.8, 4) is 0 Å². The van der Waals surface area contributed by atoms with Crippen LogP contribution in [0.4, 0.5) is 15.8 Å². The SMILES string of the molecule is Cc1occc1C(=O)Nc1cc(NC(=O)C2CSCN2)ccc1F.Cl. The van der Waals surface area contributed by atoms with Crippen LogP contribution in [0.2, 0.25) is 0 Å². The van der Waals surface area contributed by atoms with Crippen molar-refractivity contribution in [2.24, 2.45) is 0 Å². The van der Waals surface area contributed by atoms with Crippen LogP contribution in [0.5, 0.6) is 0 Å². The third-order valence-corrected chi connectivity index (χ3v) is 4.56. The average Bonchev–Trinajstić information content (AvgIpc) is 3.21. The van der Waals surface area contributed by atoms with Gasteiger partial charge in [0.15, 0.2) is 0 Å². The van der Waals surface area contributed by atoms with Crippen molar-refractivity contribution in [3.05, 3.63) is 47.7 Å². The van der Waals surface area contributed by atoms with E-state index in [0.29, 0.717) is 22.8 Å². The first-order chi connectivity index (χ1) is 11.5. The lowest BCUT2D eigenvalue weighted by atomic mass is 10.2. The summed E-state index contributed by atoms with van der Waals surface area (Å²) in [6, 6.07) is 5.28. The smallest absolute Gasteiger partial charge is 0.259 e. The molecule has 25 heavy (non-hydrogen) atoms. The van der Waals surface area contributed by atoms with Gasteiger partial charge in [0.2, 0.25) is 5.91 Å². The Balaban J connectivity index is 0.00000225. The molecule has 0 saturated carbocycles. The lowest BCUT2D eigenvalue weighted by Crippen LogP contribution is -2.37. The van der Waals surface area contributed by atoms with E-state index in [2.05, 4.69) is 16.0 Å². The molecule has 9 heteroatoms. The number of halogens is 2. The molecule has 6 nitrogen and oxygen atoms in total. The van der Waals surface area contributed by atoms with Gasteiger partial charge in [-0.15, -0.1) is 24.2 Å². The summed E-state index contributed by atoms with van der Waals surface area (Å²) in [5.74, 6) is 0.620. The van der Waals surface area contributed by atoms with Crippen LogP contribution < -0.4 is 16.0 Å². The molecule has 1 aromatic heterocycles. The number of anilines is 2. The molecule has 1 unspecified atom stereocenters. The summed E-state index contributed by atoms with van der Waals surface area (Å²) in [5, 5.41) is 8.27. The summed E-state index contributed by atoms with van der Waals surface area (Å²) in [6.45, 7) is 1.65. The second-order valence-corrected chi connectivity index (χ2v) is 6.33. The normalized spacial score (nSPS) is 16.2. The minimum atomic E-state index is -0.586. The molecular weight excluding hydrogens is 369 g/mol. The molecule has 1 saturated heterocycles. The number of thioether (sulfide) groups is 1. The predicted molar refractivity (Wildman–Crippen MR) is 97.9 cm³/mol. The molecule has 0 radical (unpaired) electrons. The van der Waals surface area contributed by atoms with Crippen LogP contribution in [0.3, 0.4) is 0 Å². The van der Waals surface area contributed by atoms with Gasteiger partial charge in [-0.1, -0.05) is 0 Å². The summed E-state index contributed by atoms with van der Waals surface area (Å²) in [4.78, 5) is 24.2. The zero-order valence-electron chi connectivity index (χ0n) is 13.3. The van der Waals surface area contributed by atoms with Crippen molar-refractivity contribution in [1.82, 2.24) is 5.32 Å². The van der Waals surface area contributed by atoms with E-state index in [1.54, 1.807) is 18.7 Å². The second kappa shape index (κ2) is 8.37. The Morgan fingerprint density at radius 3 is 2.76 bits per heavy atom. The van der Waals surface area contributed by atoms with Crippen molar-refractivity contribution in [2.45, 2.75) is 13.0 Å². The minimum absolute atomic E-state index is 0. The highest BCUT2D eigenvalue weighted by molar-refractivity contribution is 7.99. The zero-order chi connectivity index (χ0) is 17.1. The maximum Gasteiger partial charge on any atom is 0.259 e. The molecule has 1 aliphatic heterocycles. The lowest BCUT2D eigenvalue weighted by molar-refractivity contribution is -0.117. The third kappa shape index (κ3) is 4.53. The monoisotopic (exact) mass is 385 g/mol. The predicted octanol–water partition coefficient (Wildman–Crippen LogP) is 3.00. The maximum atomic E-state index is 13.9. The van der Waals surface area contributed by atoms with E-state index >= 15 is 0 Å². The van der Waals surface area contributed by atoms with Gasteiger partial charge < -0.3 is 15.1 Å². The van der Waals surface area contributed by atoms with Crippen LogP contribution in [0.1, 0.15) is 16.1 Å². The molecule has 2 aromatic rings. The van der Waals surface area contributed by atoms with Gasteiger partial charge in [0.1, 0.15) is 11.6 Å². The Bertz CT molecular complexity index is 778. The Labute approximate surface area is 154 Å². The van der Waals surface area contributed by atoms with Crippen LogP contribution in [-0.2, 0) is 4.79 Å². The Morgan fingerprint density at radius 1 is 1.32 bits per heavy atom. The van der Waals surface area contributed by atoms with E-state index in [0.717, 1.165) is 5.88 Å². The lowest BCUT2D eigenvalue weighted by Gasteiger charge is -2.12. The van der Waals surface area contributed by atoms with Crippen molar-refractivity contribution in [2.75, 3.05) is 22.3 Å². The maximum absolute atomic E-state index is 13.9. The van der Waals surface area contributed by atoms with Gasteiger partial charge in [0, 0.05) is 17.3 Å². The minimum Gasteiger partial charge on any atom is -0.469 e. The van der Waals surface area contributed by atoms with Crippen LogP contribution in [0.15, 0.2) is 34.9 Å². The van der Waals surface area contributed by atoms with Crippen LogP contribution in [0, 0.1) is 12.7 Å². The Kier molecular flexibility index (Phi) is 6.46. The first-order valence-corrected chi connectivity index (χ1v) is 8.47. The van der Waals surface area contributed by atoms with Crippen LogP contribution in [-0.4, -0.2) is 29.5 Å². The molecule has 1 fully saturated rings. The number of nitrogens with one attached hydrogen (secondary N) is 3.